The van der Waals surface area contributed by atoms with E-state index in [0.29, 0.717) is 5.95 Å². The van der Waals surface area contributed by atoms with E-state index in [4.69, 9.17) is 0 Å². The number of hydrogen-bond donors (Lipinski definition) is 2. The lowest BCUT2D eigenvalue weighted by molar-refractivity contribution is 1.03. The van der Waals surface area contributed by atoms with Gasteiger partial charge in [-0.1, -0.05) is 31.2 Å². The normalized spacial score (nSPS) is 10.3. The molecule has 4 nitrogen and oxygen atoms in total. The van der Waals surface area contributed by atoms with E-state index in [0.717, 1.165) is 30.9 Å². The zero-order valence-electron chi connectivity index (χ0n) is 12.4. The van der Waals surface area contributed by atoms with Crippen LogP contribution in [0.15, 0.2) is 30.5 Å². The van der Waals surface area contributed by atoms with Crippen molar-refractivity contribution in [1.82, 2.24) is 9.97 Å². The van der Waals surface area contributed by atoms with Crippen molar-refractivity contribution in [3.05, 3.63) is 47.2 Å². The van der Waals surface area contributed by atoms with Crippen molar-refractivity contribution in [2.75, 3.05) is 17.2 Å². The van der Waals surface area contributed by atoms with Crippen LogP contribution in [-0.4, -0.2) is 16.5 Å². The molecule has 0 aliphatic carbocycles. The topological polar surface area (TPSA) is 49.8 Å². The Labute approximate surface area is 120 Å². The molecule has 0 fully saturated rings. The maximum Gasteiger partial charge on any atom is 0.224 e. The highest BCUT2D eigenvalue weighted by atomic mass is 15.1. The lowest BCUT2D eigenvalue weighted by Gasteiger charge is -2.10. The molecule has 0 aliphatic rings. The van der Waals surface area contributed by atoms with Gasteiger partial charge in [0.2, 0.25) is 5.95 Å². The number of nitrogens with one attached hydrogen (secondary N) is 2. The molecule has 20 heavy (non-hydrogen) atoms. The van der Waals surface area contributed by atoms with Gasteiger partial charge in [0.25, 0.3) is 0 Å². The molecule has 0 amide bonds. The predicted octanol–water partition coefficient (Wildman–Crippen LogP) is 3.39. The van der Waals surface area contributed by atoms with Crippen molar-refractivity contribution in [3.63, 3.8) is 0 Å². The third-order valence-electron chi connectivity index (χ3n) is 3.20. The van der Waals surface area contributed by atoms with E-state index in [-0.39, 0.29) is 0 Å². The Kier molecular flexibility index (Phi) is 4.93. The lowest BCUT2D eigenvalue weighted by Crippen LogP contribution is -2.08. The molecule has 2 N–H and O–H groups in total. The van der Waals surface area contributed by atoms with Gasteiger partial charge in [-0.05, 0) is 31.4 Å². The summed E-state index contributed by atoms with van der Waals surface area (Å²) in [6.45, 7) is 7.80. The van der Waals surface area contributed by atoms with Crippen LogP contribution in [0.2, 0.25) is 0 Å². The Balaban J connectivity index is 2.03. The highest BCUT2D eigenvalue weighted by molar-refractivity contribution is 5.46. The summed E-state index contributed by atoms with van der Waals surface area (Å²) in [6, 6.07) is 8.67. The van der Waals surface area contributed by atoms with Gasteiger partial charge in [-0.2, -0.15) is 4.98 Å². The molecule has 1 heterocycles. The van der Waals surface area contributed by atoms with Gasteiger partial charge in [0.15, 0.2) is 0 Å². The van der Waals surface area contributed by atoms with Crippen LogP contribution in [0.3, 0.4) is 0 Å². The second kappa shape index (κ2) is 6.89. The molecule has 0 radical (unpaired) electrons. The number of rotatable bonds is 6. The number of hydrogen-bond acceptors (Lipinski definition) is 4. The second-order valence-electron chi connectivity index (χ2n) is 4.78. The lowest BCUT2D eigenvalue weighted by atomic mass is 10.1. The fourth-order valence-electron chi connectivity index (χ4n) is 1.94. The zero-order valence-corrected chi connectivity index (χ0v) is 12.4. The summed E-state index contributed by atoms with van der Waals surface area (Å²) < 4.78 is 0. The molecule has 0 bridgehead atoms. The van der Waals surface area contributed by atoms with Gasteiger partial charge in [-0.15, -0.1) is 0 Å². The third kappa shape index (κ3) is 3.70. The number of aryl methyl sites for hydroxylation is 2. The average molecular weight is 270 g/mol. The standard InChI is InChI=1S/C16H22N4/c1-4-13-6-8-14(9-7-13)11-18-15-12(3)10-19-16(20-15)17-5-2/h6-10H,4-5,11H2,1-3H3,(H2,17,18,19,20). The molecule has 2 aromatic rings. The minimum absolute atomic E-state index is 0.668. The number of benzene rings is 1. The van der Waals surface area contributed by atoms with Gasteiger partial charge in [0, 0.05) is 24.8 Å². The minimum Gasteiger partial charge on any atom is -0.366 e. The summed E-state index contributed by atoms with van der Waals surface area (Å²) in [5.74, 6) is 1.55. The van der Waals surface area contributed by atoms with E-state index in [1.807, 2.05) is 20.0 Å². The number of nitrogens with zero attached hydrogens (tertiary/aromatic N) is 2. The minimum atomic E-state index is 0.668. The molecule has 0 unspecified atom stereocenters. The first kappa shape index (κ1) is 14.3. The maximum atomic E-state index is 4.48. The molecule has 2 rings (SSSR count). The van der Waals surface area contributed by atoms with Crippen molar-refractivity contribution >= 4 is 11.8 Å². The Morgan fingerprint density at radius 1 is 1.00 bits per heavy atom. The highest BCUT2D eigenvalue weighted by Crippen LogP contribution is 2.14. The van der Waals surface area contributed by atoms with E-state index in [1.165, 1.54) is 11.1 Å². The largest absolute Gasteiger partial charge is 0.366 e. The summed E-state index contributed by atoms with van der Waals surface area (Å²) in [6.07, 6.45) is 2.91. The molecule has 1 aromatic carbocycles. The van der Waals surface area contributed by atoms with Gasteiger partial charge in [-0.25, -0.2) is 4.98 Å². The van der Waals surface area contributed by atoms with E-state index in [9.17, 15) is 0 Å². The van der Waals surface area contributed by atoms with E-state index >= 15 is 0 Å². The first-order valence-corrected chi connectivity index (χ1v) is 7.12. The van der Waals surface area contributed by atoms with Gasteiger partial charge < -0.3 is 10.6 Å². The van der Waals surface area contributed by atoms with Gasteiger partial charge in [0.1, 0.15) is 5.82 Å². The van der Waals surface area contributed by atoms with Crippen LogP contribution >= 0.6 is 0 Å². The molecule has 0 atom stereocenters. The predicted molar refractivity (Wildman–Crippen MR) is 84.1 cm³/mol. The SMILES string of the molecule is CCNc1ncc(C)c(NCc2ccc(CC)cc2)n1. The summed E-state index contributed by atoms with van der Waals surface area (Å²) in [5, 5.41) is 6.50. The third-order valence-corrected chi connectivity index (χ3v) is 3.20. The fraction of sp³-hybridized carbons (Fsp3) is 0.375. The van der Waals surface area contributed by atoms with Crippen LogP contribution in [0, 0.1) is 6.92 Å². The molecule has 0 spiro atoms. The van der Waals surface area contributed by atoms with Crippen molar-refractivity contribution < 1.29 is 0 Å². The molecular weight excluding hydrogens is 248 g/mol. The Bertz CT molecular complexity index is 549. The van der Waals surface area contributed by atoms with Gasteiger partial charge in [0.05, 0.1) is 0 Å². The van der Waals surface area contributed by atoms with Crippen LogP contribution in [-0.2, 0) is 13.0 Å². The number of aromatic nitrogens is 2. The summed E-state index contributed by atoms with van der Waals surface area (Å²) in [5.41, 5.74) is 3.67. The van der Waals surface area contributed by atoms with E-state index in [2.05, 4.69) is 51.8 Å². The Hall–Kier alpha value is -2.10. The van der Waals surface area contributed by atoms with Crippen LogP contribution in [0.1, 0.15) is 30.5 Å². The second-order valence-corrected chi connectivity index (χ2v) is 4.78. The monoisotopic (exact) mass is 270 g/mol. The smallest absolute Gasteiger partial charge is 0.224 e. The van der Waals surface area contributed by atoms with Crippen molar-refractivity contribution in [1.29, 1.82) is 0 Å². The van der Waals surface area contributed by atoms with Gasteiger partial charge >= 0.3 is 0 Å². The molecule has 106 valence electrons. The van der Waals surface area contributed by atoms with Crippen molar-refractivity contribution in [3.8, 4) is 0 Å². The molecule has 0 aliphatic heterocycles. The number of anilines is 2. The first-order valence-electron chi connectivity index (χ1n) is 7.12. The summed E-state index contributed by atoms with van der Waals surface area (Å²) in [7, 11) is 0. The molecule has 1 aromatic heterocycles. The first-order chi connectivity index (χ1) is 9.72. The summed E-state index contributed by atoms with van der Waals surface area (Å²) in [4.78, 5) is 8.72. The zero-order chi connectivity index (χ0) is 14.4. The fourth-order valence-corrected chi connectivity index (χ4v) is 1.94. The Morgan fingerprint density at radius 2 is 1.70 bits per heavy atom. The molecule has 0 saturated carbocycles. The van der Waals surface area contributed by atoms with Crippen LogP contribution in [0.25, 0.3) is 0 Å². The van der Waals surface area contributed by atoms with Crippen LogP contribution in [0.4, 0.5) is 11.8 Å². The molecule has 0 saturated heterocycles. The van der Waals surface area contributed by atoms with Crippen molar-refractivity contribution in [2.24, 2.45) is 0 Å². The van der Waals surface area contributed by atoms with Gasteiger partial charge in [-0.3, -0.25) is 0 Å². The molecule has 4 heteroatoms. The Morgan fingerprint density at radius 3 is 2.35 bits per heavy atom. The highest BCUT2D eigenvalue weighted by Gasteiger charge is 2.03. The van der Waals surface area contributed by atoms with E-state index < -0.39 is 0 Å². The quantitative estimate of drug-likeness (QED) is 0.844. The molecular formula is C16H22N4. The van der Waals surface area contributed by atoms with Crippen LogP contribution in [0.5, 0.6) is 0 Å². The van der Waals surface area contributed by atoms with Crippen LogP contribution < -0.4 is 10.6 Å². The average Bonchev–Trinajstić information content (AvgIpc) is 2.48. The van der Waals surface area contributed by atoms with Crippen molar-refractivity contribution in [2.45, 2.75) is 33.7 Å². The van der Waals surface area contributed by atoms with E-state index in [1.54, 1.807) is 0 Å². The summed E-state index contributed by atoms with van der Waals surface area (Å²) >= 11 is 0. The maximum absolute atomic E-state index is 4.48.